The summed E-state index contributed by atoms with van der Waals surface area (Å²) in [6, 6.07) is 18.9. The van der Waals surface area contributed by atoms with E-state index in [-0.39, 0.29) is 17.1 Å². The zero-order valence-electron chi connectivity index (χ0n) is 17.2. The van der Waals surface area contributed by atoms with Crippen LogP contribution in [0, 0.1) is 6.92 Å². The summed E-state index contributed by atoms with van der Waals surface area (Å²) in [5, 5.41) is 14.0. The van der Waals surface area contributed by atoms with Crippen LogP contribution in [0.1, 0.15) is 29.2 Å². The fourth-order valence-electron chi connectivity index (χ4n) is 2.92. The quantitative estimate of drug-likeness (QED) is 0.342. The van der Waals surface area contributed by atoms with Gasteiger partial charge in [0.1, 0.15) is 5.75 Å². The number of carbonyl (C=O) groups is 1. The molecule has 0 radical (unpaired) electrons. The number of benzene rings is 3. The second-order valence-corrected chi connectivity index (χ2v) is 9.25. The molecule has 0 spiro atoms. The highest BCUT2D eigenvalue weighted by Crippen LogP contribution is 2.21. The van der Waals surface area contributed by atoms with E-state index in [0.29, 0.717) is 16.1 Å². The average Bonchev–Trinajstić information content (AvgIpc) is 2.76. The number of carbonyl (C=O) groups excluding carboxylic acids is 1. The van der Waals surface area contributed by atoms with Crippen molar-refractivity contribution in [1.82, 2.24) is 10.1 Å². The van der Waals surface area contributed by atoms with Gasteiger partial charge in [-0.15, -0.1) is 0 Å². The Labute approximate surface area is 191 Å². The number of nitrogens with zero attached hydrogens (tertiary/aromatic N) is 1. The number of phenolic OH excluding ortho intramolecular Hbond substituents is 1. The molecule has 1 amide bonds. The van der Waals surface area contributed by atoms with Gasteiger partial charge < -0.3 is 5.11 Å². The third kappa shape index (κ3) is 6.40. The molecule has 32 heavy (non-hydrogen) atoms. The van der Waals surface area contributed by atoms with Crippen LogP contribution in [-0.2, 0) is 14.8 Å². The van der Waals surface area contributed by atoms with Crippen molar-refractivity contribution in [3.63, 3.8) is 0 Å². The van der Waals surface area contributed by atoms with E-state index in [4.69, 9.17) is 11.6 Å². The first-order valence-corrected chi connectivity index (χ1v) is 11.5. The maximum atomic E-state index is 12.9. The second-order valence-electron chi connectivity index (χ2n) is 7.10. The molecular formula is C23H22ClN3O4S. The number of phenols is 1. The fourth-order valence-corrected chi connectivity index (χ4v) is 4.32. The van der Waals surface area contributed by atoms with Crippen LogP contribution in [0.3, 0.4) is 0 Å². The Morgan fingerprint density at radius 1 is 1.09 bits per heavy atom. The molecule has 3 N–H and O–H groups in total. The number of halogens is 1. The monoisotopic (exact) mass is 471 g/mol. The lowest BCUT2D eigenvalue weighted by molar-refractivity contribution is -0.121. The molecule has 0 aromatic heterocycles. The van der Waals surface area contributed by atoms with Crippen molar-refractivity contribution in [2.45, 2.75) is 24.3 Å². The standard InChI is InChI=1S/C23H22ClN3O4S/c1-16-7-10-20(11-8-16)32(30,31)27-21(17-5-3-2-4-6-17)14-23(29)26-25-15-18-13-19(24)9-12-22(18)28/h2-13,15,21,27-28H,14H2,1H3,(H,26,29)/b25-15-/t21-/m0/s1. The Kier molecular flexibility index (Phi) is 7.63. The summed E-state index contributed by atoms with van der Waals surface area (Å²) in [7, 11) is -3.86. The van der Waals surface area contributed by atoms with Gasteiger partial charge in [0.05, 0.1) is 17.2 Å². The van der Waals surface area contributed by atoms with Gasteiger partial charge in [-0.3, -0.25) is 4.79 Å². The number of hydrogen-bond donors (Lipinski definition) is 3. The first kappa shape index (κ1) is 23.5. The molecule has 3 rings (SSSR count). The van der Waals surface area contributed by atoms with Crippen LogP contribution in [0.2, 0.25) is 5.02 Å². The lowest BCUT2D eigenvalue weighted by Gasteiger charge is -2.18. The third-order valence-corrected chi connectivity index (χ3v) is 6.33. The van der Waals surface area contributed by atoms with Crippen LogP contribution in [0.4, 0.5) is 0 Å². The summed E-state index contributed by atoms with van der Waals surface area (Å²) in [4.78, 5) is 12.6. The number of hydrogen-bond acceptors (Lipinski definition) is 5. The van der Waals surface area contributed by atoms with Gasteiger partial charge in [-0.2, -0.15) is 5.10 Å². The van der Waals surface area contributed by atoms with Gasteiger partial charge in [0, 0.05) is 17.0 Å². The van der Waals surface area contributed by atoms with E-state index in [1.165, 1.54) is 36.5 Å². The molecule has 3 aromatic rings. The minimum absolute atomic E-state index is 0.0413. The zero-order chi connectivity index (χ0) is 23.1. The predicted octanol–water partition coefficient (Wildman–Crippen LogP) is 3.91. The molecule has 0 bridgehead atoms. The zero-order valence-corrected chi connectivity index (χ0v) is 18.8. The van der Waals surface area contributed by atoms with E-state index in [0.717, 1.165) is 5.56 Å². The van der Waals surface area contributed by atoms with Crippen molar-refractivity contribution in [3.8, 4) is 5.75 Å². The van der Waals surface area contributed by atoms with Crippen LogP contribution >= 0.6 is 11.6 Å². The number of hydrazone groups is 1. The van der Waals surface area contributed by atoms with Crippen molar-refractivity contribution in [3.05, 3.63) is 94.5 Å². The summed E-state index contributed by atoms with van der Waals surface area (Å²) < 4.78 is 28.3. The number of aryl methyl sites for hydroxylation is 1. The summed E-state index contributed by atoms with van der Waals surface area (Å²) in [5.74, 6) is -0.552. The van der Waals surface area contributed by atoms with Crippen LogP contribution in [-0.4, -0.2) is 25.6 Å². The summed E-state index contributed by atoms with van der Waals surface area (Å²) in [6.07, 6.45) is 1.07. The van der Waals surface area contributed by atoms with E-state index >= 15 is 0 Å². The molecule has 1 atom stereocenters. The number of amides is 1. The Morgan fingerprint density at radius 3 is 2.47 bits per heavy atom. The molecule has 7 nitrogen and oxygen atoms in total. The SMILES string of the molecule is Cc1ccc(S(=O)(=O)N[C@@H](CC(=O)N/N=C\c2cc(Cl)ccc2O)c2ccccc2)cc1. The van der Waals surface area contributed by atoms with E-state index in [2.05, 4.69) is 15.2 Å². The van der Waals surface area contributed by atoms with Crippen LogP contribution in [0.15, 0.2) is 82.8 Å². The number of aromatic hydroxyl groups is 1. The molecule has 0 aliphatic carbocycles. The molecule has 0 saturated heterocycles. The molecular weight excluding hydrogens is 450 g/mol. The smallest absolute Gasteiger partial charge is 0.242 e. The van der Waals surface area contributed by atoms with Gasteiger partial charge >= 0.3 is 0 Å². The van der Waals surface area contributed by atoms with E-state index < -0.39 is 22.0 Å². The minimum Gasteiger partial charge on any atom is -0.507 e. The fraction of sp³-hybridized carbons (Fsp3) is 0.130. The summed E-state index contributed by atoms with van der Waals surface area (Å²) in [5.41, 5.74) is 4.25. The molecule has 166 valence electrons. The van der Waals surface area contributed by atoms with Gasteiger partial charge in [-0.25, -0.2) is 18.6 Å². The number of rotatable bonds is 8. The molecule has 9 heteroatoms. The Morgan fingerprint density at radius 2 is 1.78 bits per heavy atom. The number of nitrogens with one attached hydrogen (secondary N) is 2. The van der Waals surface area contributed by atoms with Crippen molar-refractivity contribution in [1.29, 1.82) is 0 Å². The van der Waals surface area contributed by atoms with Crippen LogP contribution in [0.5, 0.6) is 5.75 Å². The average molecular weight is 472 g/mol. The summed E-state index contributed by atoms with van der Waals surface area (Å²) in [6.45, 7) is 1.87. The molecule has 0 unspecified atom stereocenters. The second kappa shape index (κ2) is 10.4. The maximum absolute atomic E-state index is 12.9. The van der Waals surface area contributed by atoms with Gasteiger partial charge in [-0.05, 0) is 42.8 Å². The molecule has 0 heterocycles. The lowest BCUT2D eigenvalue weighted by Crippen LogP contribution is -2.32. The molecule has 0 aliphatic heterocycles. The van der Waals surface area contributed by atoms with Gasteiger partial charge in [-0.1, -0.05) is 59.6 Å². The molecule has 0 aliphatic rings. The van der Waals surface area contributed by atoms with Crippen LogP contribution < -0.4 is 10.1 Å². The Bertz CT molecular complexity index is 1210. The molecule has 0 fully saturated rings. The summed E-state index contributed by atoms with van der Waals surface area (Å²) >= 11 is 5.89. The first-order chi connectivity index (χ1) is 15.2. The highest BCUT2D eigenvalue weighted by molar-refractivity contribution is 7.89. The normalized spacial score (nSPS) is 12.6. The number of sulfonamides is 1. The maximum Gasteiger partial charge on any atom is 0.242 e. The van der Waals surface area contributed by atoms with E-state index in [9.17, 15) is 18.3 Å². The van der Waals surface area contributed by atoms with Crippen molar-refractivity contribution in [2.75, 3.05) is 0 Å². The van der Waals surface area contributed by atoms with Gasteiger partial charge in [0.25, 0.3) is 0 Å². The highest BCUT2D eigenvalue weighted by atomic mass is 35.5. The minimum atomic E-state index is -3.86. The predicted molar refractivity (Wildman–Crippen MR) is 124 cm³/mol. The van der Waals surface area contributed by atoms with Crippen LogP contribution in [0.25, 0.3) is 0 Å². The Balaban J connectivity index is 1.75. The van der Waals surface area contributed by atoms with E-state index in [1.807, 2.05) is 6.92 Å². The largest absolute Gasteiger partial charge is 0.507 e. The van der Waals surface area contributed by atoms with E-state index in [1.54, 1.807) is 42.5 Å². The third-order valence-electron chi connectivity index (χ3n) is 4.60. The molecule has 3 aromatic carbocycles. The van der Waals surface area contributed by atoms with Gasteiger partial charge in [0.15, 0.2) is 0 Å². The lowest BCUT2D eigenvalue weighted by atomic mass is 10.0. The first-order valence-electron chi connectivity index (χ1n) is 9.69. The topological polar surface area (TPSA) is 108 Å². The van der Waals surface area contributed by atoms with Crippen molar-refractivity contribution >= 4 is 33.7 Å². The molecule has 0 saturated carbocycles. The highest BCUT2D eigenvalue weighted by Gasteiger charge is 2.23. The van der Waals surface area contributed by atoms with Crippen molar-refractivity contribution < 1.29 is 18.3 Å². The van der Waals surface area contributed by atoms with Gasteiger partial charge in [0.2, 0.25) is 15.9 Å². The Hall–Kier alpha value is -3.20. The van der Waals surface area contributed by atoms with Crippen molar-refractivity contribution in [2.24, 2.45) is 5.10 Å².